The fraction of sp³-hybridized carbons (Fsp3) is 0.300. The van der Waals surface area contributed by atoms with Gasteiger partial charge in [0.15, 0.2) is 0 Å². The smallest absolute Gasteiger partial charge is 0.221 e. The van der Waals surface area contributed by atoms with Gasteiger partial charge < -0.3 is 10.2 Å². The van der Waals surface area contributed by atoms with E-state index in [2.05, 4.69) is 21.3 Å². The first kappa shape index (κ1) is 20.4. The molecule has 0 saturated carbocycles. The molecule has 1 aliphatic rings. The summed E-state index contributed by atoms with van der Waals surface area (Å²) in [4.78, 5) is 29.8. The van der Waals surface area contributed by atoms with Crippen LogP contribution in [0.2, 0.25) is 0 Å². The molecule has 6 nitrogen and oxygen atoms in total. The van der Waals surface area contributed by atoms with E-state index in [0.717, 1.165) is 17.8 Å². The maximum absolute atomic E-state index is 11.9. The van der Waals surface area contributed by atoms with E-state index in [1.165, 1.54) is 19.1 Å². The zero-order valence-corrected chi connectivity index (χ0v) is 16.3. The van der Waals surface area contributed by atoms with Gasteiger partial charge in [-0.3, -0.25) is 9.59 Å². The number of rotatable bonds is 6. The number of nitrogens with one attached hydrogen (secondary N) is 1. The number of carbonyl (C=O) groups excluding carboxylic acids is 2. The van der Waals surface area contributed by atoms with Gasteiger partial charge in [-0.15, -0.1) is 0 Å². The highest BCUT2D eigenvalue weighted by Crippen LogP contribution is 2.27. The van der Waals surface area contributed by atoms with Crippen LogP contribution in [-0.4, -0.2) is 30.5 Å². The molecule has 0 heterocycles. The third-order valence-electron chi connectivity index (χ3n) is 4.02. The number of ketones is 1. The van der Waals surface area contributed by atoms with Crippen LogP contribution in [0.4, 0.5) is 11.4 Å². The van der Waals surface area contributed by atoms with Crippen molar-refractivity contribution in [3.05, 3.63) is 46.6 Å². The number of nitrogens with zero attached hydrogens (tertiary/aromatic N) is 3. The Morgan fingerprint density at radius 1 is 1.37 bits per heavy atom. The van der Waals surface area contributed by atoms with Crippen molar-refractivity contribution >= 4 is 40.4 Å². The second-order valence-corrected chi connectivity index (χ2v) is 6.46. The molecule has 1 aliphatic carbocycles. The molecule has 0 atom stereocenters. The summed E-state index contributed by atoms with van der Waals surface area (Å²) in [5.41, 5.74) is 3.22. The van der Waals surface area contributed by atoms with E-state index >= 15 is 0 Å². The van der Waals surface area contributed by atoms with E-state index < -0.39 is 0 Å². The Morgan fingerprint density at radius 3 is 2.70 bits per heavy atom. The van der Waals surface area contributed by atoms with Gasteiger partial charge in [0.1, 0.15) is 0 Å². The molecule has 0 saturated heterocycles. The van der Waals surface area contributed by atoms with Crippen LogP contribution >= 0.6 is 11.6 Å². The van der Waals surface area contributed by atoms with Crippen molar-refractivity contribution in [1.29, 1.82) is 5.26 Å². The molecule has 140 valence electrons. The molecule has 27 heavy (non-hydrogen) atoms. The Labute approximate surface area is 163 Å². The number of amides is 1. The minimum atomic E-state index is -0.364. The van der Waals surface area contributed by atoms with Crippen LogP contribution < -0.4 is 10.2 Å². The molecular weight excluding hydrogens is 364 g/mol. The molecular formula is C20H21ClN4O2. The Hall–Kier alpha value is -2.91. The molecule has 1 N–H and O–H groups in total. The molecule has 0 fully saturated rings. The summed E-state index contributed by atoms with van der Waals surface area (Å²) in [6.07, 6.45) is 3.18. The fourth-order valence-corrected chi connectivity index (χ4v) is 2.86. The molecule has 1 amide bonds. The van der Waals surface area contributed by atoms with Crippen molar-refractivity contribution in [2.75, 3.05) is 18.0 Å². The van der Waals surface area contributed by atoms with E-state index in [1.807, 2.05) is 32.0 Å². The molecule has 1 aromatic rings. The van der Waals surface area contributed by atoms with Gasteiger partial charge in [-0.25, -0.2) is 4.99 Å². The number of aliphatic imine (C=N–C) groups is 1. The summed E-state index contributed by atoms with van der Waals surface area (Å²) in [5, 5.41) is 11.5. The van der Waals surface area contributed by atoms with Crippen molar-refractivity contribution in [2.24, 2.45) is 4.99 Å². The zero-order valence-electron chi connectivity index (χ0n) is 15.5. The van der Waals surface area contributed by atoms with E-state index in [9.17, 15) is 9.59 Å². The summed E-state index contributed by atoms with van der Waals surface area (Å²) < 4.78 is 0. The SMILES string of the molecule is CCN(CCC#N)c1ccc(N=C2C=C(NC(C)=O)C(=O)C=C2Cl)c(C)c1. The maximum Gasteiger partial charge on any atom is 0.221 e. The summed E-state index contributed by atoms with van der Waals surface area (Å²) in [5.74, 6) is -0.699. The third kappa shape index (κ3) is 5.28. The first-order valence-corrected chi connectivity index (χ1v) is 8.96. The molecule has 0 spiro atoms. The monoisotopic (exact) mass is 384 g/mol. The van der Waals surface area contributed by atoms with Crippen LogP contribution in [0.5, 0.6) is 0 Å². The highest BCUT2D eigenvalue weighted by atomic mass is 35.5. The quantitative estimate of drug-likeness (QED) is 0.760. The van der Waals surface area contributed by atoms with Gasteiger partial charge in [-0.05, 0) is 43.7 Å². The molecule has 0 unspecified atom stereocenters. The van der Waals surface area contributed by atoms with Crippen molar-refractivity contribution in [1.82, 2.24) is 5.32 Å². The molecule has 7 heteroatoms. The predicted molar refractivity (Wildman–Crippen MR) is 107 cm³/mol. The van der Waals surface area contributed by atoms with Crippen LogP contribution in [0.3, 0.4) is 0 Å². The topological polar surface area (TPSA) is 85.6 Å². The van der Waals surface area contributed by atoms with Crippen LogP contribution in [0.1, 0.15) is 25.8 Å². The number of allylic oxidation sites excluding steroid dienone is 3. The van der Waals surface area contributed by atoms with Gasteiger partial charge in [0, 0.05) is 31.8 Å². The highest BCUT2D eigenvalue weighted by Gasteiger charge is 2.19. The van der Waals surface area contributed by atoms with Crippen LogP contribution in [0, 0.1) is 18.3 Å². The summed E-state index contributed by atoms with van der Waals surface area (Å²) in [6, 6.07) is 7.98. The molecule has 0 aromatic heterocycles. The Kier molecular flexibility index (Phi) is 6.91. The van der Waals surface area contributed by atoms with Gasteiger partial charge >= 0.3 is 0 Å². The van der Waals surface area contributed by atoms with E-state index in [1.54, 1.807) is 0 Å². The normalized spacial score (nSPS) is 15.1. The standard InChI is InChI=1S/C20H21ClN4O2/c1-4-25(9-5-8-22)15-6-7-17(13(2)10-15)24-18-12-19(23-14(3)26)20(27)11-16(18)21/h6-7,10-12H,4-5,9H2,1-3H3,(H,23,26). The summed E-state index contributed by atoms with van der Waals surface area (Å²) >= 11 is 6.16. The number of carbonyl (C=O) groups is 2. The van der Waals surface area contributed by atoms with Crippen molar-refractivity contribution in [2.45, 2.75) is 27.2 Å². The number of aryl methyl sites for hydroxylation is 1. The molecule has 1 aromatic carbocycles. The predicted octanol–water partition coefficient (Wildman–Crippen LogP) is 3.53. The van der Waals surface area contributed by atoms with Crippen molar-refractivity contribution in [3.63, 3.8) is 0 Å². The van der Waals surface area contributed by atoms with Gasteiger partial charge in [0.05, 0.1) is 34.6 Å². The minimum absolute atomic E-state index is 0.147. The number of hydrogen-bond acceptors (Lipinski definition) is 5. The maximum atomic E-state index is 11.9. The van der Waals surface area contributed by atoms with E-state index in [4.69, 9.17) is 16.9 Å². The first-order valence-electron chi connectivity index (χ1n) is 8.58. The van der Waals surface area contributed by atoms with Crippen LogP contribution in [-0.2, 0) is 9.59 Å². The van der Waals surface area contributed by atoms with Crippen molar-refractivity contribution < 1.29 is 9.59 Å². The Morgan fingerprint density at radius 2 is 2.11 bits per heavy atom. The molecule has 0 bridgehead atoms. The second kappa shape index (κ2) is 9.15. The lowest BCUT2D eigenvalue weighted by atomic mass is 10.1. The number of anilines is 1. The Bertz CT molecular complexity index is 894. The van der Waals surface area contributed by atoms with Gasteiger partial charge in [0.2, 0.25) is 11.7 Å². The summed E-state index contributed by atoms with van der Waals surface area (Å²) in [7, 11) is 0. The molecule has 2 rings (SSSR count). The van der Waals surface area contributed by atoms with Crippen LogP contribution in [0.15, 0.2) is 46.1 Å². The second-order valence-electron chi connectivity index (χ2n) is 6.05. The van der Waals surface area contributed by atoms with Gasteiger partial charge in [-0.1, -0.05) is 11.6 Å². The first-order chi connectivity index (χ1) is 12.8. The van der Waals surface area contributed by atoms with Crippen molar-refractivity contribution in [3.8, 4) is 6.07 Å². The zero-order chi connectivity index (χ0) is 20.0. The number of halogens is 1. The van der Waals surface area contributed by atoms with Crippen LogP contribution in [0.25, 0.3) is 0 Å². The largest absolute Gasteiger partial charge is 0.371 e. The van der Waals surface area contributed by atoms with E-state index in [-0.39, 0.29) is 22.4 Å². The number of benzene rings is 1. The fourth-order valence-electron chi connectivity index (χ4n) is 2.66. The average Bonchev–Trinajstić information content (AvgIpc) is 2.61. The molecule has 0 radical (unpaired) electrons. The number of hydrogen-bond donors (Lipinski definition) is 1. The lowest BCUT2D eigenvalue weighted by Crippen LogP contribution is -2.27. The molecule has 0 aliphatic heterocycles. The highest BCUT2D eigenvalue weighted by molar-refractivity contribution is 6.48. The Balaban J connectivity index is 2.34. The number of nitriles is 1. The lowest BCUT2D eigenvalue weighted by Gasteiger charge is -2.22. The average molecular weight is 385 g/mol. The lowest BCUT2D eigenvalue weighted by molar-refractivity contribution is -0.120. The van der Waals surface area contributed by atoms with E-state index in [0.29, 0.717) is 24.4 Å². The third-order valence-corrected chi connectivity index (χ3v) is 4.32. The van der Waals surface area contributed by atoms with Gasteiger partial charge in [0.25, 0.3) is 0 Å². The van der Waals surface area contributed by atoms with Gasteiger partial charge in [-0.2, -0.15) is 5.26 Å². The minimum Gasteiger partial charge on any atom is -0.371 e. The summed E-state index contributed by atoms with van der Waals surface area (Å²) in [6.45, 7) is 6.78.